The fourth-order valence-electron chi connectivity index (χ4n) is 2.53. The fraction of sp³-hybridized carbons (Fsp3) is 0.500. The third-order valence-electron chi connectivity index (χ3n) is 3.55. The van der Waals surface area contributed by atoms with Gasteiger partial charge in [0.25, 0.3) is 0 Å². The predicted octanol–water partition coefficient (Wildman–Crippen LogP) is 4.18. The maximum absolute atomic E-state index is 12.1. The minimum Gasteiger partial charge on any atom is -0.399 e. The molecule has 1 aromatic carbocycles. The van der Waals surface area contributed by atoms with Crippen LogP contribution in [0.2, 0.25) is 0 Å². The second-order valence-corrected chi connectivity index (χ2v) is 5.71. The van der Waals surface area contributed by atoms with Crippen molar-refractivity contribution in [2.24, 2.45) is 5.92 Å². The minimum absolute atomic E-state index is 0.226. The molecule has 2 rings (SSSR count). The Kier molecular flexibility index (Phi) is 4.21. The number of carbonyl (C=O) groups is 1. The van der Waals surface area contributed by atoms with E-state index in [-0.39, 0.29) is 5.78 Å². The molecule has 1 aromatic rings. The number of Topliss-reactive ketones (excluding diaryl/α,β-unsaturated/α-hetero) is 1. The number of benzene rings is 1. The molecule has 0 spiro atoms. The first-order valence-corrected chi connectivity index (χ1v) is 7.04. The lowest BCUT2D eigenvalue weighted by Crippen LogP contribution is -2.04. The molecule has 1 aliphatic carbocycles. The number of anilines is 1. The molecule has 3 heteroatoms. The second-order valence-electron chi connectivity index (χ2n) is 4.85. The standard InChI is InChI=1S/C14H18BrNO/c15-13-9-11(16)6-7-12(13)14(17)8-5-10-3-1-2-4-10/h6-7,9-10H,1-5,8,16H2. The molecule has 1 saturated carbocycles. The van der Waals surface area contributed by atoms with E-state index in [4.69, 9.17) is 5.73 Å². The van der Waals surface area contributed by atoms with Gasteiger partial charge in [0, 0.05) is 22.1 Å². The van der Waals surface area contributed by atoms with Crippen molar-refractivity contribution in [2.45, 2.75) is 38.5 Å². The van der Waals surface area contributed by atoms with Crippen molar-refractivity contribution in [3.05, 3.63) is 28.2 Å². The zero-order chi connectivity index (χ0) is 12.3. The van der Waals surface area contributed by atoms with Crippen LogP contribution in [0.1, 0.15) is 48.9 Å². The summed E-state index contributed by atoms with van der Waals surface area (Å²) < 4.78 is 0.814. The van der Waals surface area contributed by atoms with E-state index in [2.05, 4.69) is 15.9 Å². The van der Waals surface area contributed by atoms with Gasteiger partial charge in [0.05, 0.1) is 0 Å². The van der Waals surface area contributed by atoms with Crippen molar-refractivity contribution in [3.8, 4) is 0 Å². The van der Waals surface area contributed by atoms with E-state index in [1.54, 1.807) is 12.1 Å². The summed E-state index contributed by atoms with van der Waals surface area (Å²) in [5, 5.41) is 0. The summed E-state index contributed by atoms with van der Waals surface area (Å²) in [6.07, 6.45) is 6.98. The highest BCUT2D eigenvalue weighted by molar-refractivity contribution is 9.10. The SMILES string of the molecule is Nc1ccc(C(=O)CCC2CCCC2)c(Br)c1. The van der Waals surface area contributed by atoms with Gasteiger partial charge >= 0.3 is 0 Å². The molecular formula is C14H18BrNO. The number of nitrogen functional groups attached to an aromatic ring is 1. The fourth-order valence-corrected chi connectivity index (χ4v) is 3.14. The van der Waals surface area contributed by atoms with E-state index >= 15 is 0 Å². The molecule has 0 aromatic heterocycles. The molecule has 1 fully saturated rings. The van der Waals surface area contributed by atoms with Gasteiger partial charge < -0.3 is 5.73 Å². The lowest BCUT2D eigenvalue weighted by Gasteiger charge is -2.09. The Hall–Kier alpha value is -0.830. The lowest BCUT2D eigenvalue weighted by molar-refractivity contribution is 0.0973. The van der Waals surface area contributed by atoms with Crippen LogP contribution in [0.3, 0.4) is 0 Å². The number of hydrogen-bond donors (Lipinski definition) is 1. The van der Waals surface area contributed by atoms with E-state index in [1.807, 2.05) is 6.07 Å². The van der Waals surface area contributed by atoms with Crippen molar-refractivity contribution in [3.63, 3.8) is 0 Å². The Morgan fingerprint density at radius 2 is 2.06 bits per heavy atom. The number of carbonyl (C=O) groups excluding carboxylic acids is 1. The molecule has 0 unspecified atom stereocenters. The monoisotopic (exact) mass is 295 g/mol. The Morgan fingerprint density at radius 1 is 1.35 bits per heavy atom. The first-order chi connectivity index (χ1) is 8.16. The highest BCUT2D eigenvalue weighted by atomic mass is 79.9. The Balaban J connectivity index is 1.94. The number of nitrogens with two attached hydrogens (primary N) is 1. The van der Waals surface area contributed by atoms with Crippen molar-refractivity contribution < 1.29 is 4.79 Å². The van der Waals surface area contributed by atoms with Crippen LogP contribution in [0.5, 0.6) is 0 Å². The number of rotatable bonds is 4. The van der Waals surface area contributed by atoms with E-state index in [0.29, 0.717) is 12.1 Å². The lowest BCUT2D eigenvalue weighted by atomic mass is 9.97. The maximum atomic E-state index is 12.1. The van der Waals surface area contributed by atoms with Gasteiger partial charge in [-0.1, -0.05) is 25.7 Å². The summed E-state index contributed by atoms with van der Waals surface area (Å²) in [6, 6.07) is 5.40. The second kappa shape index (κ2) is 5.67. The summed E-state index contributed by atoms with van der Waals surface area (Å²) in [4.78, 5) is 12.1. The molecule has 0 radical (unpaired) electrons. The molecule has 0 bridgehead atoms. The molecule has 17 heavy (non-hydrogen) atoms. The Labute approximate surface area is 111 Å². The van der Waals surface area contributed by atoms with Gasteiger partial charge in [-0.15, -0.1) is 0 Å². The zero-order valence-electron chi connectivity index (χ0n) is 9.92. The van der Waals surface area contributed by atoms with Crippen LogP contribution in [0, 0.1) is 5.92 Å². The highest BCUT2D eigenvalue weighted by Crippen LogP contribution is 2.30. The van der Waals surface area contributed by atoms with Gasteiger partial charge in [0.15, 0.2) is 5.78 Å². The van der Waals surface area contributed by atoms with Crippen LogP contribution in [0.25, 0.3) is 0 Å². The average Bonchev–Trinajstić information content (AvgIpc) is 2.78. The average molecular weight is 296 g/mol. The Bertz CT molecular complexity index is 411. The van der Waals surface area contributed by atoms with Crippen molar-refractivity contribution in [1.82, 2.24) is 0 Å². The van der Waals surface area contributed by atoms with Gasteiger partial charge in [-0.25, -0.2) is 0 Å². The number of halogens is 1. The maximum Gasteiger partial charge on any atom is 0.164 e. The van der Waals surface area contributed by atoms with Gasteiger partial charge in [0.2, 0.25) is 0 Å². The van der Waals surface area contributed by atoms with Crippen molar-refractivity contribution in [2.75, 3.05) is 5.73 Å². The number of hydrogen-bond acceptors (Lipinski definition) is 2. The largest absolute Gasteiger partial charge is 0.399 e. The topological polar surface area (TPSA) is 43.1 Å². The minimum atomic E-state index is 0.226. The molecular weight excluding hydrogens is 278 g/mol. The van der Waals surface area contributed by atoms with Crippen LogP contribution in [-0.2, 0) is 0 Å². The van der Waals surface area contributed by atoms with Gasteiger partial charge in [0.1, 0.15) is 0 Å². The molecule has 2 N–H and O–H groups in total. The highest BCUT2D eigenvalue weighted by Gasteiger charge is 2.17. The first-order valence-electron chi connectivity index (χ1n) is 6.25. The van der Waals surface area contributed by atoms with E-state index in [9.17, 15) is 4.79 Å². The Morgan fingerprint density at radius 3 is 2.71 bits per heavy atom. The molecule has 92 valence electrons. The van der Waals surface area contributed by atoms with Crippen LogP contribution >= 0.6 is 15.9 Å². The van der Waals surface area contributed by atoms with E-state index in [0.717, 1.165) is 22.4 Å². The van der Waals surface area contributed by atoms with Crippen LogP contribution in [0.15, 0.2) is 22.7 Å². The van der Waals surface area contributed by atoms with Gasteiger partial charge in [-0.05, 0) is 46.5 Å². The molecule has 0 aliphatic heterocycles. The summed E-state index contributed by atoms with van der Waals surface area (Å²) >= 11 is 3.40. The zero-order valence-corrected chi connectivity index (χ0v) is 11.5. The van der Waals surface area contributed by atoms with Crippen LogP contribution in [-0.4, -0.2) is 5.78 Å². The summed E-state index contributed by atoms with van der Waals surface area (Å²) in [5.74, 6) is 0.996. The number of ketones is 1. The van der Waals surface area contributed by atoms with Crippen molar-refractivity contribution in [1.29, 1.82) is 0 Å². The van der Waals surface area contributed by atoms with Gasteiger partial charge in [-0.2, -0.15) is 0 Å². The van der Waals surface area contributed by atoms with Crippen LogP contribution < -0.4 is 5.73 Å². The third-order valence-corrected chi connectivity index (χ3v) is 4.20. The molecule has 1 aliphatic rings. The summed E-state index contributed by atoms with van der Waals surface area (Å²) in [5.41, 5.74) is 7.11. The van der Waals surface area contributed by atoms with E-state index in [1.165, 1.54) is 25.7 Å². The molecule has 0 heterocycles. The van der Waals surface area contributed by atoms with Crippen molar-refractivity contribution >= 4 is 27.4 Å². The molecule has 2 nitrogen and oxygen atoms in total. The third kappa shape index (κ3) is 3.32. The summed E-state index contributed by atoms with van der Waals surface area (Å²) in [6.45, 7) is 0. The smallest absolute Gasteiger partial charge is 0.164 e. The molecule has 0 atom stereocenters. The molecule has 0 amide bonds. The first kappa shape index (κ1) is 12.6. The van der Waals surface area contributed by atoms with Crippen LogP contribution in [0.4, 0.5) is 5.69 Å². The predicted molar refractivity (Wildman–Crippen MR) is 74.1 cm³/mol. The quantitative estimate of drug-likeness (QED) is 0.669. The normalized spacial score (nSPS) is 16.3. The molecule has 0 saturated heterocycles. The van der Waals surface area contributed by atoms with Gasteiger partial charge in [-0.3, -0.25) is 4.79 Å². The van der Waals surface area contributed by atoms with E-state index < -0.39 is 0 Å². The summed E-state index contributed by atoms with van der Waals surface area (Å²) in [7, 11) is 0.